The number of hydrogen-bond donors (Lipinski definition) is 1. The monoisotopic (exact) mass is 305 g/mol. The summed E-state index contributed by atoms with van der Waals surface area (Å²) in [6, 6.07) is 4.80. The average Bonchev–Trinajstić information content (AvgIpc) is 2.44. The molecule has 0 spiro atoms. The second-order valence-electron chi connectivity index (χ2n) is 6.21. The van der Waals surface area contributed by atoms with Crippen LogP contribution in [0.25, 0.3) is 0 Å². The molecule has 0 amide bonds. The van der Waals surface area contributed by atoms with Gasteiger partial charge in [0.2, 0.25) is 0 Å². The van der Waals surface area contributed by atoms with Crippen molar-refractivity contribution in [3.63, 3.8) is 0 Å². The van der Waals surface area contributed by atoms with Gasteiger partial charge in [0.15, 0.2) is 11.6 Å². The lowest BCUT2D eigenvalue weighted by atomic mass is 9.79. The second kappa shape index (κ2) is 7.47. The fourth-order valence-corrected chi connectivity index (χ4v) is 2.90. The molecule has 1 aliphatic heterocycles. The molecule has 1 saturated heterocycles. The lowest BCUT2D eigenvalue weighted by Crippen LogP contribution is -2.54. The van der Waals surface area contributed by atoms with Crippen LogP contribution in [0, 0.1) is 11.7 Å². The largest absolute Gasteiger partial charge is 0.490 e. The highest BCUT2D eigenvalue weighted by Gasteiger charge is 2.38. The Balaban J connectivity index is 1.98. The molecule has 0 bridgehead atoms. The molecular formula is C17H25BFNO2. The summed E-state index contributed by atoms with van der Waals surface area (Å²) in [5.74, 6) is 0.408. The number of ether oxygens (including phenoxy) is 2. The standard InChI is InChI=1S/C17H25BFNO2/c1-3-5-12(6-4-2)11-21-15-9-13(7-8-14(15)19)16-10-17(18,20)22-16/h7-9,12,16H,3-6,10-11,20H2,1-2H3. The summed E-state index contributed by atoms with van der Waals surface area (Å²) in [7, 11) is 5.63. The van der Waals surface area contributed by atoms with Crippen LogP contribution < -0.4 is 10.5 Å². The zero-order chi connectivity index (χ0) is 16.2. The zero-order valence-electron chi connectivity index (χ0n) is 13.5. The van der Waals surface area contributed by atoms with Crippen LogP contribution in [0.3, 0.4) is 0 Å². The molecule has 2 N–H and O–H groups in total. The molecule has 2 rings (SSSR count). The van der Waals surface area contributed by atoms with E-state index < -0.39 is 5.62 Å². The van der Waals surface area contributed by atoms with Gasteiger partial charge in [-0.3, -0.25) is 0 Å². The van der Waals surface area contributed by atoms with Gasteiger partial charge in [-0.1, -0.05) is 32.8 Å². The lowest BCUT2D eigenvalue weighted by molar-refractivity contribution is -0.154. The summed E-state index contributed by atoms with van der Waals surface area (Å²) in [5, 5.41) is 0. The van der Waals surface area contributed by atoms with Crippen LogP contribution in [0.2, 0.25) is 0 Å². The van der Waals surface area contributed by atoms with Crippen LogP contribution in [-0.2, 0) is 4.74 Å². The summed E-state index contributed by atoms with van der Waals surface area (Å²) in [6.45, 7) is 4.86. The molecule has 2 radical (unpaired) electrons. The van der Waals surface area contributed by atoms with Crippen molar-refractivity contribution in [1.29, 1.82) is 0 Å². The van der Waals surface area contributed by atoms with Crippen molar-refractivity contribution in [2.24, 2.45) is 11.7 Å². The summed E-state index contributed by atoms with van der Waals surface area (Å²) >= 11 is 0. The van der Waals surface area contributed by atoms with Gasteiger partial charge < -0.3 is 15.2 Å². The van der Waals surface area contributed by atoms with Gasteiger partial charge in [-0.25, -0.2) is 4.39 Å². The Morgan fingerprint density at radius 1 is 1.41 bits per heavy atom. The van der Waals surface area contributed by atoms with Crippen molar-refractivity contribution in [3.8, 4) is 5.75 Å². The first-order valence-electron chi connectivity index (χ1n) is 8.13. The maximum absolute atomic E-state index is 13.9. The molecule has 2 atom stereocenters. The number of hydrogen-bond acceptors (Lipinski definition) is 3. The number of halogens is 1. The van der Waals surface area contributed by atoms with Crippen molar-refractivity contribution >= 4 is 7.85 Å². The minimum atomic E-state index is -1.06. The molecule has 1 fully saturated rings. The van der Waals surface area contributed by atoms with E-state index in [9.17, 15) is 4.39 Å². The molecule has 2 unspecified atom stereocenters. The molecule has 1 aromatic carbocycles. The van der Waals surface area contributed by atoms with Gasteiger partial charge in [-0.15, -0.1) is 0 Å². The van der Waals surface area contributed by atoms with Crippen LogP contribution in [0.15, 0.2) is 18.2 Å². The maximum Gasteiger partial charge on any atom is 0.165 e. The molecule has 120 valence electrons. The SMILES string of the molecule is [B]C1(N)CC(c2ccc(F)c(OCC(CCC)CCC)c2)O1. The quantitative estimate of drug-likeness (QED) is 0.745. The van der Waals surface area contributed by atoms with E-state index in [2.05, 4.69) is 13.8 Å². The van der Waals surface area contributed by atoms with E-state index in [0.29, 0.717) is 18.9 Å². The van der Waals surface area contributed by atoms with Crippen molar-refractivity contribution in [3.05, 3.63) is 29.6 Å². The third-order valence-electron chi connectivity index (χ3n) is 4.06. The summed E-state index contributed by atoms with van der Waals surface area (Å²) < 4.78 is 25.0. The Bertz CT molecular complexity index is 482. The second-order valence-corrected chi connectivity index (χ2v) is 6.21. The van der Waals surface area contributed by atoms with E-state index in [1.54, 1.807) is 12.1 Å². The Morgan fingerprint density at radius 3 is 2.59 bits per heavy atom. The third-order valence-corrected chi connectivity index (χ3v) is 4.06. The number of nitrogens with two attached hydrogens (primary N) is 1. The van der Waals surface area contributed by atoms with Crippen LogP contribution in [0.1, 0.15) is 57.6 Å². The topological polar surface area (TPSA) is 44.5 Å². The minimum absolute atomic E-state index is 0.181. The molecule has 0 aliphatic carbocycles. The summed E-state index contributed by atoms with van der Waals surface area (Å²) in [5.41, 5.74) is 5.42. The predicted molar refractivity (Wildman–Crippen MR) is 86.3 cm³/mol. The van der Waals surface area contributed by atoms with Crippen LogP contribution in [0.5, 0.6) is 5.75 Å². The van der Waals surface area contributed by atoms with Crippen LogP contribution in [0.4, 0.5) is 4.39 Å². The van der Waals surface area contributed by atoms with Gasteiger partial charge in [0, 0.05) is 6.42 Å². The smallest absolute Gasteiger partial charge is 0.165 e. The Hall–Kier alpha value is -1.07. The summed E-state index contributed by atoms with van der Waals surface area (Å²) in [4.78, 5) is 0. The van der Waals surface area contributed by atoms with Crippen molar-refractivity contribution in [2.75, 3.05) is 6.61 Å². The van der Waals surface area contributed by atoms with Crippen molar-refractivity contribution in [1.82, 2.24) is 0 Å². The molecule has 5 heteroatoms. The van der Waals surface area contributed by atoms with E-state index >= 15 is 0 Å². The predicted octanol–water partition coefficient (Wildman–Crippen LogP) is 3.66. The highest BCUT2D eigenvalue weighted by molar-refractivity contribution is 6.14. The van der Waals surface area contributed by atoms with Gasteiger partial charge in [0.05, 0.1) is 18.3 Å². The van der Waals surface area contributed by atoms with Crippen molar-refractivity contribution in [2.45, 2.75) is 57.7 Å². The molecule has 1 aromatic rings. The van der Waals surface area contributed by atoms with E-state index in [-0.39, 0.29) is 17.7 Å². The highest BCUT2D eigenvalue weighted by atomic mass is 19.1. The number of rotatable bonds is 8. The highest BCUT2D eigenvalue weighted by Crippen LogP contribution is 2.39. The van der Waals surface area contributed by atoms with E-state index in [1.807, 2.05) is 0 Å². The van der Waals surface area contributed by atoms with Gasteiger partial charge in [0.1, 0.15) is 7.85 Å². The Kier molecular flexibility index (Phi) is 5.87. The van der Waals surface area contributed by atoms with E-state index in [4.69, 9.17) is 23.1 Å². The van der Waals surface area contributed by atoms with E-state index in [1.165, 1.54) is 6.07 Å². The first-order chi connectivity index (χ1) is 10.4. The molecule has 0 saturated carbocycles. The third kappa shape index (κ3) is 4.46. The number of benzene rings is 1. The Morgan fingerprint density at radius 2 is 2.05 bits per heavy atom. The zero-order valence-corrected chi connectivity index (χ0v) is 13.5. The van der Waals surface area contributed by atoms with Gasteiger partial charge in [-0.05, 0) is 36.5 Å². The van der Waals surface area contributed by atoms with Gasteiger partial charge in [0.25, 0.3) is 0 Å². The average molecular weight is 305 g/mol. The van der Waals surface area contributed by atoms with Gasteiger partial charge >= 0.3 is 0 Å². The maximum atomic E-state index is 13.9. The van der Waals surface area contributed by atoms with Crippen LogP contribution >= 0.6 is 0 Å². The fourth-order valence-electron chi connectivity index (χ4n) is 2.90. The molecule has 1 heterocycles. The molecular weight excluding hydrogens is 280 g/mol. The summed E-state index contributed by atoms with van der Waals surface area (Å²) in [6.07, 6.45) is 4.77. The molecule has 1 aliphatic rings. The molecule has 3 nitrogen and oxygen atoms in total. The molecule has 0 aromatic heterocycles. The molecule has 22 heavy (non-hydrogen) atoms. The van der Waals surface area contributed by atoms with E-state index in [0.717, 1.165) is 31.2 Å². The lowest BCUT2D eigenvalue weighted by Gasteiger charge is -2.43. The normalized spacial score (nSPS) is 24.3. The minimum Gasteiger partial charge on any atom is -0.490 e. The van der Waals surface area contributed by atoms with Crippen LogP contribution in [-0.4, -0.2) is 20.1 Å². The first-order valence-corrected chi connectivity index (χ1v) is 8.13. The van der Waals surface area contributed by atoms with Crippen molar-refractivity contribution < 1.29 is 13.9 Å². The first kappa shape index (κ1) is 17.3. The fraction of sp³-hybridized carbons (Fsp3) is 0.647. The van der Waals surface area contributed by atoms with Gasteiger partial charge in [-0.2, -0.15) is 0 Å². The Labute approximate surface area is 133 Å².